The molecule has 0 aliphatic carbocycles. The summed E-state index contributed by atoms with van der Waals surface area (Å²) < 4.78 is 14.6. The molecule has 2 aromatic heterocycles. The molecule has 0 bridgehead atoms. The number of benzene rings is 1. The molecule has 0 spiro atoms. The summed E-state index contributed by atoms with van der Waals surface area (Å²) in [5.41, 5.74) is 2.74. The van der Waals surface area contributed by atoms with E-state index in [-0.39, 0.29) is 17.3 Å². The van der Waals surface area contributed by atoms with Crippen molar-refractivity contribution >= 4 is 23.3 Å². The molecule has 0 saturated carbocycles. The summed E-state index contributed by atoms with van der Waals surface area (Å²) in [6, 6.07) is 5.86. The van der Waals surface area contributed by atoms with Gasteiger partial charge in [0, 0.05) is 16.8 Å². The van der Waals surface area contributed by atoms with Crippen LogP contribution in [0.15, 0.2) is 29.4 Å². The van der Waals surface area contributed by atoms with Gasteiger partial charge in [-0.15, -0.1) is 10.2 Å². The number of rotatable bonds is 6. The fraction of sp³-hybridized carbons (Fsp3) is 0.222. The van der Waals surface area contributed by atoms with Crippen molar-refractivity contribution in [3.05, 3.63) is 52.6 Å². The Hall–Kier alpha value is -2.94. The fourth-order valence-electron chi connectivity index (χ4n) is 2.96. The van der Waals surface area contributed by atoms with Crippen molar-refractivity contribution in [1.82, 2.24) is 19.9 Å². The van der Waals surface area contributed by atoms with E-state index in [0.717, 1.165) is 11.8 Å². The quantitative estimate of drug-likeness (QED) is 0.383. The van der Waals surface area contributed by atoms with Gasteiger partial charge in [-0.25, -0.2) is 9.07 Å². The first-order chi connectivity index (χ1) is 12.8. The molecule has 0 aliphatic rings. The van der Waals surface area contributed by atoms with E-state index in [1.807, 2.05) is 0 Å². The largest absolute Gasteiger partial charge is 0.355 e. The molecule has 3 N–H and O–H groups in total. The Morgan fingerprint density at radius 3 is 2.67 bits per heavy atom. The smallest absolute Gasteiger partial charge is 0.210 e. The molecule has 0 atom stereocenters. The van der Waals surface area contributed by atoms with Crippen LogP contribution in [0.2, 0.25) is 0 Å². The van der Waals surface area contributed by atoms with E-state index in [1.54, 1.807) is 26.0 Å². The van der Waals surface area contributed by atoms with Gasteiger partial charge in [-0.1, -0.05) is 23.9 Å². The number of aryl methyl sites for hydroxylation is 1. The summed E-state index contributed by atoms with van der Waals surface area (Å²) in [6.07, 6.45) is 0. The highest BCUT2D eigenvalue weighted by atomic mass is 32.2. The molecule has 3 rings (SSSR count). The summed E-state index contributed by atoms with van der Waals surface area (Å²) in [5.74, 6) is 5.69. The number of carbonyl (C=O) groups excluding carboxylic acids is 2. The molecule has 0 unspecified atom stereocenters. The van der Waals surface area contributed by atoms with Gasteiger partial charge >= 0.3 is 0 Å². The van der Waals surface area contributed by atoms with Gasteiger partial charge in [0.1, 0.15) is 5.82 Å². The zero-order chi connectivity index (χ0) is 19.7. The number of nitrogens with two attached hydrogens (primary N) is 1. The lowest BCUT2D eigenvalue weighted by molar-refractivity contribution is 0.101. The second kappa shape index (κ2) is 7.36. The van der Waals surface area contributed by atoms with E-state index in [2.05, 4.69) is 15.2 Å². The number of ketones is 2. The molecule has 0 radical (unpaired) electrons. The topological polar surface area (TPSA) is 107 Å². The van der Waals surface area contributed by atoms with Gasteiger partial charge in [0.15, 0.2) is 17.4 Å². The summed E-state index contributed by atoms with van der Waals surface area (Å²) >= 11 is 1.12. The van der Waals surface area contributed by atoms with E-state index in [0.29, 0.717) is 39.1 Å². The Morgan fingerprint density at radius 1 is 1.30 bits per heavy atom. The summed E-state index contributed by atoms with van der Waals surface area (Å²) in [6.45, 7) is 4.97. The molecule has 2 heterocycles. The van der Waals surface area contributed by atoms with Crippen LogP contribution in [0.25, 0.3) is 11.4 Å². The van der Waals surface area contributed by atoms with Crippen molar-refractivity contribution in [2.75, 3.05) is 11.6 Å². The number of thioether (sulfide) groups is 1. The number of aromatic nitrogens is 4. The maximum absolute atomic E-state index is 13.4. The van der Waals surface area contributed by atoms with E-state index in [9.17, 15) is 14.0 Å². The highest BCUT2D eigenvalue weighted by Gasteiger charge is 2.21. The Bertz CT molecular complexity index is 1040. The van der Waals surface area contributed by atoms with Gasteiger partial charge in [-0.05, 0) is 38.5 Å². The number of nitrogen functional groups attached to an aromatic ring is 1. The lowest BCUT2D eigenvalue weighted by Crippen LogP contribution is -2.13. The molecule has 7 nitrogen and oxygen atoms in total. The number of carbonyl (C=O) groups is 2. The molecule has 27 heavy (non-hydrogen) atoms. The predicted molar refractivity (Wildman–Crippen MR) is 101 cm³/mol. The van der Waals surface area contributed by atoms with Gasteiger partial charge < -0.3 is 10.8 Å². The second-order valence-corrected chi connectivity index (χ2v) is 7.02. The van der Waals surface area contributed by atoms with Crippen molar-refractivity contribution in [3.63, 3.8) is 0 Å². The zero-order valence-corrected chi connectivity index (χ0v) is 15.9. The van der Waals surface area contributed by atoms with Crippen molar-refractivity contribution in [3.8, 4) is 11.4 Å². The Balaban J connectivity index is 1.77. The Kier molecular flexibility index (Phi) is 5.13. The van der Waals surface area contributed by atoms with E-state index in [4.69, 9.17) is 5.84 Å². The van der Waals surface area contributed by atoms with Gasteiger partial charge in [0.2, 0.25) is 5.16 Å². The van der Waals surface area contributed by atoms with Gasteiger partial charge in [0.05, 0.1) is 11.4 Å². The number of nitrogens with one attached hydrogen (secondary N) is 1. The molecular weight excluding hydrogens is 369 g/mol. The average Bonchev–Trinajstić information content (AvgIpc) is 3.12. The minimum absolute atomic E-state index is 0.0661. The molecule has 9 heteroatoms. The summed E-state index contributed by atoms with van der Waals surface area (Å²) in [7, 11) is 0. The van der Waals surface area contributed by atoms with Gasteiger partial charge in [-0.2, -0.15) is 0 Å². The highest BCUT2D eigenvalue weighted by Crippen LogP contribution is 2.24. The summed E-state index contributed by atoms with van der Waals surface area (Å²) in [4.78, 5) is 27.2. The monoisotopic (exact) mass is 387 g/mol. The number of halogens is 1. The number of H-pyrrole nitrogens is 1. The van der Waals surface area contributed by atoms with Crippen LogP contribution < -0.4 is 5.84 Å². The minimum Gasteiger partial charge on any atom is -0.355 e. The molecule has 3 aromatic rings. The molecule has 1 aromatic carbocycles. The highest BCUT2D eigenvalue weighted by molar-refractivity contribution is 7.99. The van der Waals surface area contributed by atoms with E-state index >= 15 is 0 Å². The number of Topliss-reactive ketones (excluding diaryl/α,β-unsaturated/α-hetero) is 2. The average molecular weight is 387 g/mol. The van der Waals surface area contributed by atoms with Crippen LogP contribution >= 0.6 is 11.8 Å². The normalized spacial score (nSPS) is 11.0. The first-order valence-corrected chi connectivity index (χ1v) is 9.10. The predicted octanol–water partition coefficient (Wildman–Crippen LogP) is 2.92. The van der Waals surface area contributed by atoms with Crippen LogP contribution in [0.3, 0.4) is 0 Å². The lowest BCUT2D eigenvalue weighted by atomic mass is 10.1. The van der Waals surface area contributed by atoms with Crippen molar-refractivity contribution < 1.29 is 14.0 Å². The molecule has 0 amide bonds. The van der Waals surface area contributed by atoms with Crippen LogP contribution in [0.5, 0.6) is 0 Å². The van der Waals surface area contributed by atoms with Gasteiger partial charge in [-0.3, -0.25) is 9.59 Å². The van der Waals surface area contributed by atoms with E-state index in [1.165, 1.54) is 23.7 Å². The molecule has 140 valence electrons. The molecule has 0 aliphatic heterocycles. The summed E-state index contributed by atoms with van der Waals surface area (Å²) in [5, 5.41) is 8.28. The number of hydrogen-bond acceptors (Lipinski definition) is 6. The van der Waals surface area contributed by atoms with Crippen molar-refractivity contribution in [1.29, 1.82) is 0 Å². The third-order valence-electron chi connectivity index (χ3n) is 4.15. The van der Waals surface area contributed by atoms with Crippen molar-refractivity contribution in [2.24, 2.45) is 0 Å². The maximum atomic E-state index is 13.4. The molecular formula is C18H18FN5O2S. The molecule has 0 saturated heterocycles. The Labute approximate surface area is 159 Å². The number of hydrogen-bond donors (Lipinski definition) is 2. The first kappa shape index (κ1) is 18.8. The third-order valence-corrected chi connectivity index (χ3v) is 5.09. The maximum Gasteiger partial charge on any atom is 0.210 e. The molecule has 0 fully saturated rings. The van der Waals surface area contributed by atoms with Crippen molar-refractivity contribution in [2.45, 2.75) is 25.9 Å². The Morgan fingerprint density at radius 2 is 2.04 bits per heavy atom. The fourth-order valence-corrected chi connectivity index (χ4v) is 3.69. The minimum atomic E-state index is -0.404. The standard InChI is InChI=1S/C18H18FN5O2S/c1-9-15(11(3)25)10(2)21-16(9)14(26)8-27-18-23-22-17(24(18)20)12-5-4-6-13(19)7-12/h4-7,21H,8,20H2,1-3H3. The zero-order valence-electron chi connectivity index (χ0n) is 15.0. The van der Waals surface area contributed by atoms with E-state index < -0.39 is 5.82 Å². The van der Waals surface area contributed by atoms with Crippen LogP contribution in [0.1, 0.15) is 39.0 Å². The van der Waals surface area contributed by atoms with Crippen LogP contribution in [0, 0.1) is 19.7 Å². The first-order valence-electron chi connectivity index (χ1n) is 8.12. The number of aromatic amines is 1. The van der Waals surface area contributed by atoms with Crippen LogP contribution in [-0.2, 0) is 0 Å². The lowest BCUT2D eigenvalue weighted by Gasteiger charge is -2.04. The third kappa shape index (κ3) is 3.63. The van der Waals surface area contributed by atoms with Crippen LogP contribution in [-0.4, -0.2) is 37.2 Å². The second-order valence-electron chi connectivity index (χ2n) is 6.08. The van der Waals surface area contributed by atoms with Crippen LogP contribution in [0.4, 0.5) is 4.39 Å². The number of nitrogens with zero attached hydrogens (tertiary/aromatic N) is 3. The van der Waals surface area contributed by atoms with Gasteiger partial charge in [0.25, 0.3) is 0 Å². The SMILES string of the molecule is CC(=O)c1c(C)[nH]c(C(=O)CSc2nnc(-c3cccc(F)c3)n2N)c1C.